The van der Waals surface area contributed by atoms with Crippen molar-refractivity contribution in [1.29, 1.82) is 0 Å². The number of aromatic nitrogens is 3. The molecular formula is C16H23N5O. The first kappa shape index (κ1) is 15.0. The van der Waals surface area contributed by atoms with Gasteiger partial charge in [-0.05, 0) is 18.9 Å². The van der Waals surface area contributed by atoms with Crippen molar-refractivity contribution in [1.82, 2.24) is 19.9 Å². The Morgan fingerprint density at radius 3 is 2.82 bits per heavy atom. The minimum Gasteiger partial charge on any atom is -0.448 e. The molecular weight excluding hydrogens is 278 g/mol. The van der Waals surface area contributed by atoms with E-state index in [2.05, 4.69) is 39.0 Å². The molecule has 6 nitrogen and oxygen atoms in total. The summed E-state index contributed by atoms with van der Waals surface area (Å²) in [5.41, 5.74) is 1.08. The average Bonchev–Trinajstić information content (AvgIpc) is 2.99. The number of nitrogens with zero attached hydrogens (tertiary/aromatic N) is 4. The molecule has 0 aliphatic carbocycles. The molecule has 0 aromatic carbocycles. The van der Waals surface area contributed by atoms with Crippen LogP contribution < -0.4 is 5.32 Å². The van der Waals surface area contributed by atoms with Crippen molar-refractivity contribution in [3.05, 3.63) is 36.4 Å². The predicted molar refractivity (Wildman–Crippen MR) is 84.5 cm³/mol. The number of hydrogen-bond acceptors (Lipinski definition) is 6. The molecule has 6 heteroatoms. The van der Waals surface area contributed by atoms with Gasteiger partial charge in [-0.1, -0.05) is 13.8 Å². The fourth-order valence-electron chi connectivity index (χ4n) is 2.90. The van der Waals surface area contributed by atoms with E-state index >= 15 is 0 Å². The van der Waals surface area contributed by atoms with Gasteiger partial charge < -0.3 is 9.73 Å². The molecule has 1 fully saturated rings. The van der Waals surface area contributed by atoms with Crippen molar-refractivity contribution in [3.63, 3.8) is 0 Å². The summed E-state index contributed by atoms with van der Waals surface area (Å²) in [6.07, 6.45) is 7.13. The molecule has 2 aromatic heterocycles. The Morgan fingerprint density at radius 1 is 1.32 bits per heavy atom. The van der Waals surface area contributed by atoms with Crippen LogP contribution in [0.3, 0.4) is 0 Å². The summed E-state index contributed by atoms with van der Waals surface area (Å²) >= 11 is 0. The second kappa shape index (κ2) is 6.87. The van der Waals surface area contributed by atoms with Crippen molar-refractivity contribution >= 4 is 5.82 Å². The van der Waals surface area contributed by atoms with E-state index in [4.69, 9.17) is 4.42 Å². The summed E-state index contributed by atoms with van der Waals surface area (Å²) in [5.74, 6) is 2.31. The summed E-state index contributed by atoms with van der Waals surface area (Å²) in [7, 11) is 0. The highest BCUT2D eigenvalue weighted by Gasteiger charge is 2.22. The van der Waals surface area contributed by atoms with Crippen LogP contribution in [-0.2, 0) is 6.54 Å². The van der Waals surface area contributed by atoms with Crippen LogP contribution in [0.1, 0.15) is 44.1 Å². The zero-order valence-corrected chi connectivity index (χ0v) is 13.2. The number of oxazole rings is 1. The minimum absolute atomic E-state index is 0.384. The Morgan fingerprint density at radius 2 is 2.14 bits per heavy atom. The second-order valence-electron chi connectivity index (χ2n) is 6.11. The van der Waals surface area contributed by atoms with Gasteiger partial charge in [-0.15, -0.1) is 0 Å². The molecule has 0 bridgehead atoms. The van der Waals surface area contributed by atoms with Crippen LogP contribution in [0.25, 0.3) is 0 Å². The van der Waals surface area contributed by atoms with Gasteiger partial charge in [-0.2, -0.15) is 0 Å². The van der Waals surface area contributed by atoms with Crippen LogP contribution >= 0.6 is 0 Å². The van der Waals surface area contributed by atoms with Gasteiger partial charge in [0, 0.05) is 37.8 Å². The van der Waals surface area contributed by atoms with Crippen molar-refractivity contribution in [2.45, 2.75) is 45.2 Å². The van der Waals surface area contributed by atoms with E-state index < -0.39 is 0 Å². The molecule has 1 N–H and O–H groups in total. The third-order valence-electron chi connectivity index (χ3n) is 4.09. The summed E-state index contributed by atoms with van der Waals surface area (Å²) < 4.78 is 5.50. The molecule has 0 saturated carbocycles. The lowest BCUT2D eigenvalue weighted by Gasteiger charge is -2.32. The van der Waals surface area contributed by atoms with Gasteiger partial charge in [-0.25, -0.2) is 15.0 Å². The van der Waals surface area contributed by atoms with Gasteiger partial charge in [0.1, 0.15) is 17.9 Å². The number of likely N-dealkylation sites (tertiary alicyclic amines) is 1. The molecule has 0 radical (unpaired) electrons. The van der Waals surface area contributed by atoms with Crippen LogP contribution in [0.15, 0.2) is 29.4 Å². The molecule has 3 rings (SSSR count). The highest BCUT2D eigenvalue weighted by atomic mass is 16.3. The monoisotopic (exact) mass is 301 g/mol. The van der Waals surface area contributed by atoms with Gasteiger partial charge in [0.05, 0.1) is 5.69 Å². The smallest absolute Gasteiger partial charge is 0.181 e. The topological polar surface area (TPSA) is 67.1 Å². The lowest BCUT2D eigenvalue weighted by atomic mass is 10.0. The summed E-state index contributed by atoms with van der Waals surface area (Å²) in [5, 5.41) is 3.48. The summed E-state index contributed by atoms with van der Waals surface area (Å²) in [4.78, 5) is 15.0. The van der Waals surface area contributed by atoms with E-state index in [1.54, 1.807) is 18.9 Å². The summed E-state index contributed by atoms with van der Waals surface area (Å²) in [6, 6.07) is 2.39. The molecule has 1 saturated heterocycles. The maximum Gasteiger partial charge on any atom is 0.181 e. The predicted octanol–water partition coefficient (Wildman–Crippen LogP) is 2.66. The van der Waals surface area contributed by atoms with Crippen LogP contribution in [0, 0.1) is 0 Å². The maximum absolute atomic E-state index is 5.50. The molecule has 22 heavy (non-hydrogen) atoms. The van der Waals surface area contributed by atoms with Crippen LogP contribution in [0.4, 0.5) is 5.82 Å². The quantitative estimate of drug-likeness (QED) is 0.916. The van der Waals surface area contributed by atoms with E-state index in [0.29, 0.717) is 12.0 Å². The van der Waals surface area contributed by atoms with Crippen LogP contribution in [0.2, 0.25) is 0 Å². The Kier molecular flexibility index (Phi) is 4.68. The summed E-state index contributed by atoms with van der Waals surface area (Å²) in [6.45, 7) is 7.29. The second-order valence-corrected chi connectivity index (χ2v) is 6.11. The number of rotatable bonds is 5. The van der Waals surface area contributed by atoms with Crippen molar-refractivity contribution in [2.24, 2.45) is 0 Å². The van der Waals surface area contributed by atoms with E-state index in [1.807, 2.05) is 6.07 Å². The SMILES string of the molecule is CC(C)c1ocnc1CN1CCC(Nc2ccncn2)CC1. The highest BCUT2D eigenvalue weighted by Crippen LogP contribution is 2.22. The Hall–Kier alpha value is -1.95. The minimum atomic E-state index is 0.384. The molecule has 0 unspecified atom stereocenters. The van der Waals surface area contributed by atoms with Crippen molar-refractivity contribution < 1.29 is 4.42 Å². The normalized spacial score (nSPS) is 17.0. The molecule has 3 heterocycles. The molecule has 0 amide bonds. The van der Waals surface area contributed by atoms with E-state index in [-0.39, 0.29) is 0 Å². The number of piperidine rings is 1. The van der Waals surface area contributed by atoms with Gasteiger partial charge >= 0.3 is 0 Å². The van der Waals surface area contributed by atoms with E-state index in [0.717, 1.165) is 49.7 Å². The highest BCUT2D eigenvalue weighted by molar-refractivity contribution is 5.33. The van der Waals surface area contributed by atoms with Gasteiger partial charge in [0.15, 0.2) is 6.39 Å². The standard InChI is InChI=1S/C16H23N5O/c1-12(2)16-14(19-11-22-16)9-21-7-4-13(5-8-21)20-15-3-6-17-10-18-15/h3,6,10-13H,4-5,7-9H2,1-2H3,(H,17,18,20). The zero-order valence-electron chi connectivity index (χ0n) is 13.2. The van der Waals surface area contributed by atoms with Gasteiger partial charge in [0.25, 0.3) is 0 Å². The Labute approximate surface area is 131 Å². The third kappa shape index (κ3) is 3.62. The number of anilines is 1. The molecule has 118 valence electrons. The van der Waals surface area contributed by atoms with E-state index in [1.165, 1.54) is 0 Å². The molecule has 0 spiro atoms. The largest absolute Gasteiger partial charge is 0.448 e. The molecule has 1 aliphatic heterocycles. The Balaban J connectivity index is 1.50. The van der Waals surface area contributed by atoms with Crippen LogP contribution in [0.5, 0.6) is 0 Å². The lowest BCUT2D eigenvalue weighted by molar-refractivity contribution is 0.207. The first-order valence-electron chi connectivity index (χ1n) is 7.89. The fourth-order valence-corrected chi connectivity index (χ4v) is 2.90. The van der Waals surface area contributed by atoms with Gasteiger partial charge in [-0.3, -0.25) is 4.90 Å². The lowest BCUT2D eigenvalue weighted by Crippen LogP contribution is -2.39. The number of hydrogen-bond donors (Lipinski definition) is 1. The first-order valence-corrected chi connectivity index (χ1v) is 7.89. The third-order valence-corrected chi connectivity index (χ3v) is 4.09. The average molecular weight is 301 g/mol. The fraction of sp³-hybridized carbons (Fsp3) is 0.562. The number of nitrogens with one attached hydrogen (secondary N) is 1. The van der Waals surface area contributed by atoms with Gasteiger partial charge in [0.2, 0.25) is 0 Å². The van der Waals surface area contributed by atoms with Crippen molar-refractivity contribution in [3.8, 4) is 0 Å². The molecule has 1 aliphatic rings. The Bertz CT molecular complexity index is 575. The molecule has 2 aromatic rings. The first-order chi connectivity index (χ1) is 10.7. The van der Waals surface area contributed by atoms with E-state index in [9.17, 15) is 0 Å². The maximum atomic E-state index is 5.50. The molecule has 0 atom stereocenters. The van der Waals surface area contributed by atoms with Crippen LogP contribution in [-0.4, -0.2) is 39.0 Å². The zero-order chi connectivity index (χ0) is 15.4. The van der Waals surface area contributed by atoms with Crippen molar-refractivity contribution in [2.75, 3.05) is 18.4 Å².